The molecule has 0 saturated heterocycles. The Balaban J connectivity index is 1.86. The van der Waals surface area contributed by atoms with Crippen LogP contribution in [-0.2, 0) is 13.6 Å². The first-order chi connectivity index (χ1) is 11.0. The van der Waals surface area contributed by atoms with E-state index < -0.39 is 11.6 Å². The largest absolute Gasteiger partial charge is 0.364 e. The molecule has 0 saturated carbocycles. The number of nitrogens with zero attached hydrogens (tertiary/aromatic N) is 3. The van der Waals surface area contributed by atoms with Crippen molar-refractivity contribution in [1.82, 2.24) is 14.5 Å². The van der Waals surface area contributed by atoms with Crippen LogP contribution in [0.5, 0.6) is 0 Å². The maximum absolute atomic E-state index is 13.3. The first kappa shape index (κ1) is 15.1. The van der Waals surface area contributed by atoms with E-state index in [4.69, 9.17) is 0 Å². The number of nitrogens with one attached hydrogen (secondary N) is 1. The summed E-state index contributed by atoms with van der Waals surface area (Å²) >= 11 is 0. The Hall–Kier alpha value is -2.83. The van der Waals surface area contributed by atoms with Gasteiger partial charge in [0.25, 0.3) is 5.56 Å². The van der Waals surface area contributed by atoms with Crippen molar-refractivity contribution in [2.24, 2.45) is 7.05 Å². The van der Waals surface area contributed by atoms with Crippen LogP contribution in [-0.4, -0.2) is 14.5 Å². The molecule has 5 nitrogen and oxygen atoms in total. The van der Waals surface area contributed by atoms with Crippen molar-refractivity contribution in [3.63, 3.8) is 0 Å². The van der Waals surface area contributed by atoms with Crippen LogP contribution in [0.1, 0.15) is 11.3 Å². The molecule has 0 fully saturated rings. The van der Waals surface area contributed by atoms with E-state index in [0.717, 1.165) is 17.8 Å². The molecule has 0 aliphatic carbocycles. The second-order valence-corrected chi connectivity index (χ2v) is 5.23. The maximum atomic E-state index is 13.3. The van der Waals surface area contributed by atoms with Gasteiger partial charge in [0.15, 0.2) is 11.6 Å². The quantitative estimate of drug-likeness (QED) is 0.806. The van der Waals surface area contributed by atoms with Crippen molar-refractivity contribution in [1.29, 1.82) is 0 Å². The average molecular weight is 316 g/mol. The third kappa shape index (κ3) is 2.90. The van der Waals surface area contributed by atoms with Crippen molar-refractivity contribution in [2.75, 3.05) is 5.32 Å². The molecule has 0 spiro atoms. The number of halogens is 2. The summed E-state index contributed by atoms with van der Waals surface area (Å²) in [6.45, 7) is 2.11. The average Bonchev–Trinajstić information content (AvgIpc) is 2.53. The molecule has 23 heavy (non-hydrogen) atoms. The normalized spacial score (nSPS) is 11.0. The summed E-state index contributed by atoms with van der Waals surface area (Å²) in [5, 5.41) is 2.97. The minimum absolute atomic E-state index is 0.0978. The minimum atomic E-state index is -0.976. The monoisotopic (exact) mass is 316 g/mol. The Morgan fingerprint density at radius 2 is 1.87 bits per heavy atom. The number of anilines is 1. The van der Waals surface area contributed by atoms with Gasteiger partial charge in [-0.1, -0.05) is 6.07 Å². The van der Waals surface area contributed by atoms with Crippen molar-refractivity contribution in [3.8, 4) is 0 Å². The van der Waals surface area contributed by atoms with Gasteiger partial charge in [-0.2, -0.15) is 0 Å². The van der Waals surface area contributed by atoms with Crippen molar-refractivity contribution in [3.05, 3.63) is 63.7 Å². The lowest BCUT2D eigenvalue weighted by Gasteiger charge is -2.09. The van der Waals surface area contributed by atoms with Gasteiger partial charge >= 0.3 is 0 Å². The Morgan fingerprint density at radius 3 is 2.61 bits per heavy atom. The van der Waals surface area contributed by atoms with Crippen LogP contribution in [0.15, 0.2) is 35.3 Å². The second kappa shape index (κ2) is 5.75. The molecular weight excluding hydrogens is 302 g/mol. The lowest BCUT2D eigenvalue weighted by molar-refractivity contribution is 0.510. The number of pyridine rings is 1. The van der Waals surface area contributed by atoms with Crippen molar-refractivity contribution in [2.45, 2.75) is 13.5 Å². The Kier molecular flexibility index (Phi) is 3.77. The molecule has 0 aliphatic heterocycles. The molecule has 0 atom stereocenters. The molecule has 0 radical (unpaired) electrons. The number of benzene rings is 1. The van der Waals surface area contributed by atoms with E-state index in [1.54, 1.807) is 17.7 Å². The first-order valence-electron chi connectivity index (χ1n) is 6.97. The summed E-state index contributed by atoms with van der Waals surface area (Å²) in [7, 11) is 1.70. The summed E-state index contributed by atoms with van der Waals surface area (Å²) in [6, 6.07) is 5.59. The highest BCUT2D eigenvalue weighted by molar-refractivity contribution is 5.75. The zero-order valence-corrected chi connectivity index (χ0v) is 12.6. The topological polar surface area (TPSA) is 59.8 Å². The predicted molar refractivity (Wildman–Crippen MR) is 83.2 cm³/mol. The number of aryl methyl sites for hydroxylation is 1. The van der Waals surface area contributed by atoms with E-state index in [2.05, 4.69) is 15.3 Å². The fourth-order valence-electron chi connectivity index (χ4n) is 2.19. The summed E-state index contributed by atoms with van der Waals surface area (Å²) in [6.07, 6.45) is 1.42. The van der Waals surface area contributed by atoms with Crippen LogP contribution >= 0.6 is 0 Å². The van der Waals surface area contributed by atoms with Gasteiger partial charge in [-0.3, -0.25) is 9.78 Å². The summed E-state index contributed by atoms with van der Waals surface area (Å²) in [5.41, 5.74) is 1.85. The predicted octanol–water partition coefficient (Wildman–Crippen LogP) is 2.53. The SMILES string of the molecule is Cc1ccc(CNc2cnc3cc(F)c(F)cc3n2)c(=O)n1C. The third-order valence-corrected chi connectivity index (χ3v) is 3.68. The number of aromatic nitrogens is 3. The summed E-state index contributed by atoms with van der Waals surface area (Å²) in [5.74, 6) is -1.56. The summed E-state index contributed by atoms with van der Waals surface area (Å²) < 4.78 is 28.0. The zero-order valence-electron chi connectivity index (χ0n) is 12.6. The van der Waals surface area contributed by atoms with Crippen LogP contribution in [0.4, 0.5) is 14.6 Å². The van der Waals surface area contributed by atoms with E-state index in [-0.39, 0.29) is 23.1 Å². The summed E-state index contributed by atoms with van der Waals surface area (Å²) in [4.78, 5) is 20.3. The van der Waals surface area contributed by atoms with E-state index in [1.165, 1.54) is 6.20 Å². The fraction of sp³-hybridized carbons (Fsp3) is 0.188. The van der Waals surface area contributed by atoms with Crippen LogP contribution in [0, 0.1) is 18.6 Å². The standard InChI is InChI=1S/C16H14F2N4O/c1-9-3-4-10(16(23)22(9)2)7-20-15-8-19-13-5-11(17)12(18)6-14(13)21-15/h3-6,8H,7H2,1-2H3,(H,20,21). The van der Waals surface area contributed by atoms with Crippen molar-refractivity contribution < 1.29 is 8.78 Å². The molecule has 2 aromatic heterocycles. The number of rotatable bonds is 3. The highest BCUT2D eigenvalue weighted by Crippen LogP contribution is 2.16. The van der Waals surface area contributed by atoms with E-state index in [1.807, 2.05) is 13.0 Å². The number of hydrogen-bond acceptors (Lipinski definition) is 4. The van der Waals surface area contributed by atoms with E-state index >= 15 is 0 Å². The van der Waals surface area contributed by atoms with Crippen molar-refractivity contribution >= 4 is 16.9 Å². The van der Waals surface area contributed by atoms with Gasteiger partial charge in [0, 0.05) is 37.0 Å². The molecule has 0 unspecified atom stereocenters. The third-order valence-electron chi connectivity index (χ3n) is 3.68. The number of fused-ring (bicyclic) bond motifs is 1. The highest BCUT2D eigenvalue weighted by atomic mass is 19.2. The smallest absolute Gasteiger partial charge is 0.255 e. The molecule has 0 amide bonds. The molecule has 3 aromatic rings. The van der Waals surface area contributed by atoms with E-state index in [0.29, 0.717) is 11.4 Å². The first-order valence-corrected chi connectivity index (χ1v) is 6.97. The Labute approximate surface area is 130 Å². The van der Waals surface area contributed by atoms with Gasteiger partial charge in [0.05, 0.1) is 17.2 Å². The van der Waals surface area contributed by atoms with Gasteiger partial charge < -0.3 is 9.88 Å². The molecule has 1 aromatic carbocycles. The van der Waals surface area contributed by atoms with Crippen LogP contribution < -0.4 is 10.9 Å². The van der Waals surface area contributed by atoms with Gasteiger partial charge in [-0.05, 0) is 13.0 Å². The zero-order chi connectivity index (χ0) is 16.6. The van der Waals surface area contributed by atoms with Gasteiger partial charge in [0.2, 0.25) is 0 Å². The molecule has 7 heteroatoms. The highest BCUT2D eigenvalue weighted by Gasteiger charge is 2.08. The lowest BCUT2D eigenvalue weighted by Crippen LogP contribution is -2.24. The van der Waals surface area contributed by atoms with Gasteiger partial charge in [-0.15, -0.1) is 0 Å². The Morgan fingerprint density at radius 1 is 1.17 bits per heavy atom. The maximum Gasteiger partial charge on any atom is 0.255 e. The minimum Gasteiger partial charge on any atom is -0.364 e. The van der Waals surface area contributed by atoms with Gasteiger partial charge in [0.1, 0.15) is 5.82 Å². The van der Waals surface area contributed by atoms with Crippen LogP contribution in [0.3, 0.4) is 0 Å². The molecule has 0 aliphatic rings. The molecule has 1 N–H and O–H groups in total. The molecule has 118 valence electrons. The lowest BCUT2D eigenvalue weighted by atomic mass is 10.2. The second-order valence-electron chi connectivity index (χ2n) is 5.23. The number of hydrogen-bond donors (Lipinski definition) is 1. The molecular formula is C16H14F2N4O. The molecule has 3 rings (SSSR count). The molecule has 0 bridgehead atoms. The molecule has 2 heterocycles. The Bertz CT molecular complexity index is 953. The van der Waals surface area contributed by atoms with E-state index in [9.17, 15) is 13.6 Å². The van der Waals surface area contributed by atoms with Crippen LogP contribution in [0.2, 0.25) is 0 Å². The fourth-order valence-corrected chi connectivity index (χ4v) is 2.19. The van der Waals surface area contributed by atoms with Crippen LogP contribution in [0.25, 0.3) is 11.0 Å². The van der Waals surface area contributed by atoms with Gasteiger partial charge in [-0.25, -0.2) is 13.8 Å².